The van der Waals surface area contributed by atoms with E-state index in [1.807, 2.05) is 60.7 Å². The summed E-state index contributed by atoms with van der Waals surface area (Å²) in [7, 11) is 7.88. The third-order valence-electron chi connectivity index (χ3n) is 12.0. The second kappa shape index (κ2) is 44.9. The molecule has 0 spiro atoms. The second-order valence-corrected chi connectivity index (χ2v) is 22.2. The lowest BCUT2D eigenvalue weighted by molar-refractivity contribution is -0.140. The van der Waals surface area contributed by atoms with Gasteiger partial charge in [-0.3, -0.25) is 24.7 Å². The van der Waals surface area contributed by atoms with Crippen molar-refractivity contribution in [1.82, 2.24) is 61.2 Å². The van der Waals surface area contributed by atoms with E-state index in [-0.39, 0.29) is 86.6 Å². The minimum absolute atomic E-state index is 0. The van der Waals surface area contributed by atoms with Gasteiger partial charge < -0.3 is 70.4 Å². The van der Waals surface area contributed by atoms with Crippen LogP contribution in [0.3, 0.4) is 0 Å². The maximum atomic E-state index is 13.6. The third-order valence-corrected chi connectivity index (χ3v) is 15.0. The molecule has 7 rings (SSSR count). The summed E-state index contributed by atoms with van der Waals surface area (Å²) < 4.78 is 19.2. The van der Waals surface area contributed by atoms with Crippen LogP contribution in [0.2, 0.25) is 0 Å². The van der Waals surface area contributed by atoms with Crippen LogP contribution in [0, 0.1) is 0 Å². The highest BCUT2D eigenvalue weighted by atomic mass is 128. The molecule has 86 heavy (non-hydrogen) atoms. The average Bonchev–Trinajstić information content (AvgIpc) is 4.49. The SMILES string of the molecule is CN(Cc1cncs1)C(=O)N[C@@H](CCO)C(=O)N[C@H](CC[C@H](Cc1ccccc1)NC(=O)OCc1cncs1)Cc1ccccc1.CN(Cc1cncs1)C(=O)N[C@@H](CCO)C(=O)O.CN(Cc1cncs1)C(=O)N[C@H]1CCOC1=O.I.II.[B]F. The third kappa shape index (κ3) is 30.5. The molecule has 1 fully saturated rings. The van der Waals surface area contributed by atoms with Crippen LogP contribution in [0.25, 0.3) is 0 Å². The van der Waals surface area contributed by atoms with E-state index in [4.69, 9.17) is 24.0 Å². The molecule has 8 N–H and O–H groups in total. The fourth-order valence-corrected chi connectivity index (χ4v) is 10.1. The highest BCUT2D eigenvalue weighted by Crippen LogP contribution is 2.17. The number of carbonyl (C=O) groups is 7. The number of alkyl carbamates (subject to hydrolysis) is 1. The Kier molecular flexibility index (Phi) is 40.0. The van der Waals surface area contributed by atoms with Crippen molar-refractivity contribution in [3.05, 3.63) is 138 Å². The number of urea groups is 3. The molecule has 0 saturated carbocycles. The minimum atomic E-state index is -1.16. The summed E-state index contributed by atoms with van der Waals surface area (Å²) in [6, 6.07) is 15.4. The highest BCUT2D eigenvalue weighted by molar-refractivity contribution is 15.0. The first kappa shape index (κ1) is 76.7. The molecule has 2 radical (unpaired) electrons. The van der Waals surface area contributed by atoms with Crippen LogP contribution < -0.4 is 26.6 Å². The number of rotatable bonds is 26. The first-order chi connectivity index (χ1) is 41.1. The molecule has 8 amide bonds. The molecule has 0 bridgehead atoms. The van der Waals surface area contributed by atoms with Crippen LogP contribution in [0.15, 0.2) is 107 Å². The zero-order valence-corrected chi connectivity index (χ0v) is 57.0. The number of aliphatic hydroxyl groups is 2. The summed E-state index contributed by atoms with van der Waals surface area (Å²) in [5.41, 5.74) is 8.86. The van der Waals surface area contributed by atoms with Gasteiger partial charge in [-0.2, -0.15) is 0 Å². The smallest absolute Gasteiger partial charge is 0.407 e. The zero-order valence-electron chi connectivity index (χ0n) is 47.1. The fraction of sp³-hybridized carbons (Fsp3) is 0.415. The molecule has 0 unspecified atom stereocenters. The summed E-state index contributed by atoms with van der Waals surface area (Å²) in [5, 5.41) is 41.1. The lowest BCUT2D eigenvalue weighted by Crippen LogP contribution is -2.53. The summed E-state index contributed by atoms with van der Waals surface area (Å²) in [6.07, 6.45) is 9.02. The molecular weight excluding hydrogens is 1540 g/mol. The number of hydrogen-bond donors (Lipinski definition) is 8. The molecule has 0 aliphatic carbocycles. The molecule has 468 valence electrons. The van der Waals surface area contributed by atoms with Crippen molar-refractivity contribution in [3.63, 3.8) is 0 Å². The first-order valence-corrected chi connectivity index (χ1v) is 35.7. The first-order valence-electron chi connectivity index (χ1n) is 25.9. The van der Waals surface area contributed by atoms with Crippen LogP contribution in [-0.4, -0.2) is 171 Å². The van der Waals surface area contributed by atoms with Crippen molar-refractivity contribution in [2.45, 2.75) is 101 Å². The Labute approximate surface area is 556 Å². The van der Waals surface area contributed by atoms with Gasteiger partial charge in [-0.15, -0.1) is 69.3 Å². The van der Waals surface area contributed by atoms with E-state index < -0.39 is 42.3 Å². The van der Waals surface area contributed by atoms with Crippen LogP contribution in [0.1, 0.15) is 62.7 Å². The number of carbonyl (C=O) groups excluding carboxylic acids is 6. The van der Waals surface area contributed by atoms with Gasteiger partial charge >= 0.3 is 44.2 Å². The summed E-state index contributed by atoms with van der Waals surface area (Å²) in [5.74, 6) is -1.90. The molecular formula is C53H69BFI3N12O12S4. The molecule has 5 heterocycles. The Morgan fingerprint density at radius 1 is 0.640 bits per heavy atom. The molecule has 1 saturated heterocycles. The molecule has 33 heteroatoms. The molecule has 5 atom stereocenters. The zero-order chi connectivity index (χ0) is 62.4. The number of cyclic esters (lactones) is 1. The predicted octanol–water partition coefficient (Wildman–Crippen LogP) is 7.69. The number of esters is 1. The number of ether oxygens (including phenoxy) is 2. The number of benzene rings is 2. The van der Waals surface area contributed by atoms with Gasteiger partial charge in [-0.25, -0.2) is 28.8 Å². The number of amides is 8. The molecule has 1 aliphatic rings. The van der Waals surface area contributed by atoms with E-state index in [1.54, 1.807) is 68.0 Å². The van der Waals surface area contributed by atoms with Gasteiger partial charge in [0.25, 0.3) is 0 Å². The Morgan fingerprint density at radius 3 is 1.44 bits per heavy atom. The van der Waals surface area contributed by atoms with Gasteiger partial charge in [-0.05, 0) is 43.2 Å². The quantitative estimate of drug-likeness (QED) is 0.0147. The largest absolute Gasteiger partial charge is 0.480 e. The Hall–Kier alpha value is -5.45. The van der Waals surface area contributed by atoms with E-state index in [0.29, 0.717) is 58.3 Å². The minimum Gasteiger partial charge on any atom is -0.480 e. The number of halogens is 4. The Balaban J connectivity index is 0.000000515. The topological polar surface area (TPSA) is 320 Å². The van der Waals surface area contributed by atoms with Crippen molar-refractivity contribution in [1.29, 1.82) is 0 Å². The van der Waals surface area contributed by atoms with E-state index in [0.717, 1.165) is 30.6 Å². The maximum Gasteiger partial charge on any atom is 0.407 e. The number of nitrogens with one attached hydrogen (secondary N) is 5. The Morgan fingerprint density at radius 2 is 1.05 bits per heavy atom. The van der Waals surface area contributed by atoms with Crippen molar-refractivity contribution in [3.8, 4) is 0 Å². The average molecular weight is 1600 g/mol. The van der Waals surface area contributed by atoms with Crippen molar-refractivity contribution < 1.29 is 62.7 Å². The number of nitrogens with zero attached hydrogens (tertiary/aromatic N) is 7. The van der Waals surface area contributed by atoms with E-state index >= 15 is 0 Å². The van der Waals surface area contributed by atoms with Crippen LogP contribution >= 0.6 is 107 Å². The van der Waals surface area contributed by atoms with Gasteiger partial charge in [0.05, 0.1) is 53.2 Å². The van der Waals surface area contributed by atoms with Crippen LogP contribution in [0.5, 0.6) is 0 Å². The number of carboxylic acid groups (broad SMARTS) is 1. The van der Waals surface area contributed by atoms with Gasteiger partial charge in [0.1, 0.15) is 24.7 Å². The van der Waals surface area contributed by atoms with Crippen molar-refractivity contribution >= 4 is 157 Å². The summed E-state index contributed by atoms with van der Waals surface area (Å²) in [4.78, 5) is 109. The number of aromatic nitrogens is 4. The van der Waals surface area contributed by atoms with Gasteiger partial charge in [0.15, 0.2) is 0 Å². The monoisotopic (exact) mass is 1600 g/mol. The standard InChI is InChI=1S/C33H40N6O5S2.C10H15N3O4S.C10H13N3O3S.BF.I2.HI/c1-39(20-28-18-34-22-45-28)32(42)38-30(14-15-40)31(41)36-26(16-24-8-4-2-5-9-24)12-13-27(17-25-10-6-3-7-11-25)37-33(43)44-21-29-19-35-23-46-29;1-13(5-7-4-11-6-18-7)10(17)12-8(2-3-14)9(15)16;1-13(5-7-4-11-6-17-7)10(15)12-8-2-3-16-9(8)14;2*1-2;/h2-11,18-19,22-23,26-27,30,40H,12-17,20-21H2,1H3,(H,36,41)(H,37,43)(H,38,42);4,6,8,14H,2-3,5H2,1H3,(H,12,17)(H,15,16);4,6,8H,2-3,5H2,1H3,(H,12,15);;;1H/t26-,27-,30+;2*8-;;;/m100.../s1. The summed E-state index contributed by atoms with van der Waals surface area (Å²) >= 11 is 10.00. The number of aliphatic hydroxyl groups excluding tert-OH is 2. The van der Waals surface area contributed by atoms with Crippen molar-refractivity contribution in [2.75, 3.05) is 41.0 Å². The predicted molar refractivity (Wildman–Crippen MR) is 355 cm³/mol. The van der Waals surface area contributed by atoms with E-state index in [2.05, 4.69) is 91.9 Å². The lowest BCUT2D eigenvalue weighted by atomic mass is 9.95. The number of thiazole rings is 4. The van der Waals surface area contributed by atoms with E-state index in [9.17, 15) is 38.7 Å². The van der Waals surface area contributed by atoms with Crippen molar-refractivity contribution in [2.24, 2.45) is 0 Å². The van der Waals surface area contributed by atoms with E-state index in [1.165, 1.54) is 60.0 Å². The van der Waals surface area contributed by atoms with Crippen LogP contribution in [-0.2, 0) is 62.9 Å². The van der Waals surface area contributed by atoms with Gasteiger partial charge in [0, 0.05) is 136 Å². The maximum absolute atomic E-state index is 13.6. The fourth-order valence-electron chi connectivity index (χ4n) is 7.68. The number of aliphatic carboxylic acids is 1. The number of hydrogen-bond acceptors (Lipinski definition) is 19. The van der Waals surface area contributed by atoms with Gasteiger partial charge in [-0.1, -0.05) is 60.7 Å². The summed E-state index contributed by atoms with van der Waals surface area (Å²) in [6.45, 7) is 1.15. The lowest BCUT2D eigenvalue weighted by Gasteiger charge is -2.27. The molecule has 4 aromatic heterocycles. The molecule has 24 nitrogen and oxygen atoms in total. The highest BCUT2D eigenvalue weighted by Gasteiger charge is 2.30. The number of carboxylic acids is 1. The van der Waals surface area contributed by atoms with Gasteiger partial charge in [0.2, 0.25) is 5.91 Å². The normalized spacial score (nSPS) is 13.2. The second-order valence-electron chi connectivity index (χ2n) is 18.3. The Bertz CT molecular complexity index is 2820. The molecule has 6 aromatic rings. The van der Waals surface area contributed by atoms with Crippen LogP contribution in [0.4, 0.5) is 23.5 Å². The molecule has 2 aromatic carbocycles. The molecule has 1 aliphatic heterocycles.